The van der Waals surface area contributed by atoms with Gasteiger partial charge in [-0.1, -0.05) is 29.3 Å². The molecule has 0 aromatic heterocycles. The molecule has 6 nitrogen and oxygen atoms in total. The van der Waals surface area contributed by atoms with Crippen LogP contribution in [-0.2, 0) is 10.0 Å². The fourth-order valence-electron chi connectivity index (χ4n) is 2.34. The molecule has 0 aliphatic carbocycles. The van der Waals surface area contributed by atoms with Gasteiger partial charge < -0.3 is 4.90 Å². The molecule has 0 fully saturated rings. The number of hydrogen-bond donors (Lipinski definition) is 2. The summed E-state index contributed by atoms with van der Waals surface area (Å²) in [4.78, 5) is 16.1. The van der Waals surface area contributed by atoms with Gasteiger partial charge in [0.05, 0.1) is 10.0 Å². The summed E-state index contributed by atoms with van der Waals surface area (Å²) in [5.74, 6) is -0.585. The topological polar surface area (TPSA) is 78.5 Å². The van der Waals surface area contributed by atoms with Gasteiger partial charge in [0.2, 0.25) is 0 Å². The van der Waals surface area contributed by atoms with Gasteiger partial charge in [-0.3, -0.25) is 10.2 Å². The Kier molecular flexibility index (Phi) is 6.88. The molecule has 0 aliphatic heterocycles. The van der Waals surface area contributed by atoms with Crippen molar-refractivity contribution in [3.8, 4) is 0 Å². The van der Waals surface area contributed by atoms with Crippen LogP contribution in [0.4, 0.5) is 5.69 Å². The number of benzene rings is 2. The monoisotopic (exact) mass is 415 g/mol. The molecule has 0 heterocycles. The molecule has 0 spiro atoms. The van der Waals surface area contributed by atoms with Crippen LogP contribution in [-0.4, -0.2) is 27.4 Å². The van der Waals surface area contributed by atoms with Crippen LogP contribution in [0.1, 0.15) is 24.2 Å². The minimum Gasteiger partial charge on any atom is -0.372 e. The molecule has 140 valence electrons. The molecule has 0 atom stereocenters. The zero-order chi connectivity index (χ0) is 19.3. The molecule has 9 heteroatoms. The van der Waals surface area contributed by atoms with Crippen molar-refractivity contribution in [1.82, 2.24) is 10.3 Å². The van der Waals surface area contributed by atoms with Gasteiger partial charge in [-0.25, -0.2) is 8.42 Å². The molecule has 2 aromatic carbocycles. The number of anilines is 1. The second-order valence-corrected chi connectivity index (χ2v) is 7.77. The Morgan fingerprint density at radius 2 is 1.65 bits per heavy atom. The smallest absolute Gasteiger partial charge is 0.266 e. The van der Waals surface area contributed by atoms with Crippen molar-refractivity contribution in [2.24, 2.45) is 0 Å². The van der Waals surface area contributed by atoms with Crippen molar-refractivity contribution in [3.63, 3.8) is 0 Å². The first-order valence-electron chi connectivity index (χ1n) is 7.91. The van der Waals surface area contributed by atoms with Gasteiger partial charge >= 0.3 is 0 Å². The molecule has 26 heavy (non-hydrogen) atoms. The minimum atomic E-state index is -4.05. The Balaban J connectivity index is 2.09. The fourth-order valence-corrected chi connectivity index (χ4v) is 3.95. The molecule has 1 amide bonds. The van der Waals surface area contributed by atoms with E-state index in [1.54, 1.807) is 12.1 Å². The number of nitrogens with one attached hydrogen (secondary N) is 2. The van der Waals surface area contributed by atoms with E-state index in [9.17, 15) is 13.2 Å². The zero-order valence-corrected chi connectivity index (χ0v) is 16.6. The first kappa shape index (κ1) is 20.5. The molecule has 0 bridgehead atoms. The number of rotatable bonds is 7. The average Bonchev–Trinajstić information content (AvgIpc) is 2.63. The summed E-state index contributed by atoms with van der Waals surface area (Å²) in [5, 5.41) is -0.00708. The SMILES string of the molecule is CCN(CC)c1ccc(C(=O)NNS(=O)(=O)c2cccc(Cl)c2Cl)cc1. The molecule has 0 aliphatic rings. The van der Waals surface area contributed by atoms with Crippen molar-refractivity contribution in [2.45, 2.75) is 18.7 Å². The van der Waals surface area contributed by atoms with Crippen LogP contribution < -0.4 is 15.2 Å². The maximum absolute atomic E-state index is 12.3. The first-order valence-corrected chi connectivity index (χ1v) is 10.1. The van der Waals surface area contributed by atoms with Gasteiger partial charge in [-0.15, -0.1) is 4.83 Å². The van der Waals surface area contributed by atoms with E-state index in [-0.39, 0.29) is 14.9 Å². The highest BCUT2D eigenvalue weighted by Gasteiger charge is 2.20. The second-order valence-electron chi connectivity index (χ2n) is 5.33. The van der Waals surface area contributed by atoms with Gasteiger partial charge in [0.15, 0.2) is 0 Å². The van der Waals surface area contributed by atoms with Crippen LogP contribution in [0.25, 0.3) is 0 Å². The Morgan fingerprint density at radius 1 is 1.04 bits per heavy atom. The molecular formula is C17H19Cl2N3O3S. The minimum absolute atomic E-state index is 0.104. The highest BCUT2D eigenvalue weighted by molar-refractivity contribution is 7.89. The van der Waals surface area contributed by atoms with E-state index in [1.165, 1.54) is 18.2 Å². The van der Waals surface area contributed by atoms with Crippen molar-refractivity contribution in [1.29, 1.82) is 0 Å². The van der Waals surface area contributed by atoms with E-state index in [2.05, 4.69) is 10.3 Å². The number of carbonyl (C=O) groups excluding carboxylic acids is 1. The van der Waals surface area contributed by atoms with E-state index < -0.39 is 15.9 Å². The number of hydrazine groups is 1. The molecular weight excluding hydrogens is 397 g/mol. The fraction of sp³-hybridized carbons (Fsp3) is 0.235. The van der Waals surface area contributed by atoms with Crippen molar-refractivity contribution < 1.29 is 13.2 Å². The molecule has 0 radical (unpaired) electrons. The first-order chi connectivity index (χ1) is 12.3. The third-order valence-corrected chi connectivity index (χ3v) is 5.98. The van der Waals surface area contributed by atoms with Gasteiger partial charge in [-0.2, -0.15) is 0 Å². The van der Waals surface area contributed by atoms with Crippen LogP contribution in [0, 0.1) is 0 Å². The van der Waals surface area contributed by atoms with E-state index >= 15 is 0 Å². The summed E-state index contributed by atoms with van der Waals surface area (Å²) in [6.07, 6.45) is 0. The lowest BCUT2D eigenvalue weighted by Crippen LogP contribution is -2.41. The lowest BCUT2D eigenvalue weighted by Gasteiger charge is -2.21. The predicted octanol–water partition coefficient (Wildman–Crippen LogP) is 3.46. The van der Waals surface area contributed by atoms with Crippen LogP contribution >= 0.6 is 23.2 Å². The summed E-state index contributed by atoms with van der Waals surface area (Å²) < 4.78 is 24.6. The summed E-state index contributed by atoms with van der Waals surface area (Å²) in [6, 6.07) is 11.1. The Labute approximate surface area is 163 Å². The average molecular weight is 416 g/mol. The van der Waals surface area contributed by atoms with Crippen molar-refractivity contribution >= 4 is 44.8 Å². The number of halogens is 2. The number of amides is 1. The number of hydrogen-bond acceptors (Lipinski definition) is 4. The molecule has 2 rings (SSSR count). The molecule has 2 N–H and O–H groups in total. The predicted molar refractivity (Wildman–Crippen MR) is 104 cm³/mol. The van der Waals surface area contributed by atoms with E-state index in [4.69, 9.17) is 23.2 Å². The normalized spacial score (nSPS) is 11.2. The Morgan fingerprint density at radius 3 is 2.23 bits per heavy atom. The quantitative estimate of drug-likeness (QED) is 0.678. The lowest BCUT2D eigenvalue weighted by atomic mass is 10.2. The summed E-state index contributed by atoms with van der Waals surface area (Å²) in [7, 11) is -4.05. The number of nitrogens with zero attached hydrogens (tertiary/aromatic N) is 1. The Bertz CT molecular complexity index is 883. The lowest BCUT2D eigenvalue weighted by molar-refractivity contribution is 0.0945. The molecule has 2 aromatic rings. The highest BCUT2D eigenvalue weighted by atomic mass is 35.5. The van der Waals surface area contributed by atoms with Crippen LogP contribution in [0.15, 0.2) is 47.4 Å². The van der Waals surface area contributed by atoms with Gasteiger partial charge in [0, 0.05) is 24.3 Å². The zero-order valence-electron chi connectivity index (χ0n) is 14.3. The van der Waals surface area contributed by atoms with Gasteiger partial charge in [0.25, 0.3) is 15.9 Å². The van der Waals surface area contributed by atoms with E-state index in [1.807, 2.05) is 30.8 Å². The summed E-state index contributed by atoms with van der Waals surface area (Å²) in [5.41, 5.74) is 3.47. The maximum atomic E-state index is 12.3. The van der Waals surface area contributed by atoms with E-state index in [0.29, 0.717) is 5.56 Å². The number of carbonyl (C=O) groups is 1. The van der Waals surface area contributed by atoms with Gasteiger partial charge in [0.1, 0.15) is 4.90 Å². The van der Waals surface area contributed by atoms with Crippen LogP contribution in [0.5, 0.6) is 0 Å². The van der Waals surface area contributed by atoms with Crippen molar-refractivity contribution in [3.05, 3.63) is 58.1 Å². The third-order valence-electron chi connectivity index (χ3n) is 3.76. The third kappa shape index (κ3) is 4.67. The molecule has 0 saturated carbocycles. The largest absolute Gasteiger partial charge is 0.372 e. The van der Waals surface area contributed by atoms with Crippen molar-refractivity contribution in [2.75, 3.05) is 18.0 Å². The molecule has 0 saturated heterocycles. The van der Waals surface area contributed by atoms with Gasteiger partial charge in [-0.05, 0) is 50.2 Å². The summed E-state index contributed by atoms with van der Waals surface area (Å²) >= 11 is 11.7. The molecule has 0 unspecified atom stereocenters. The Hall–Kier alpha value is -1.80. The second kappa shape index (κ2) is 8.73. The van der Waals surface area contributed by atoms with Crippen LogP contribution in [0.3, 0.4) is 0 Å². The summed E-state index contributed by atoms with van der Waals surface area (Å²) in [6.45, 7) is 5.78. The van der Waals surface area contributed by atoms with Crippen LogP contribution in [0.2, 0.25) is 10.0 Å². The standard InChI is InChI=1S/C17H19Cl2N3O3S/c1-3-22(4-2)13-10-8-12(9-11-13)17(23)20-21-26(24,25)15-7-5-6-14(18)16(15)19/h5-11,21H,3-4H2,1-2H3,(H,20,23). The highest BCUT2D eigenvalue weighted by Crippen LogP contribution is 2.28. The maximum Gasteiger partial charge on any atom is 0.266 e. The number of sulfonamides is 1. The van der Waals surface area contributed by atoms with E-state index in [0.717, 1.165) is 18.8 Å².